The molecule has 0 spiro atoms. The molecule has 1 heterocycles. The van der Waals surface area contributed by atoms with E-state index in [1.54, 1.807) is 0 Å². The average Bonchev–Trinajstić information content (AvgIpc) is 2.64. The van der Waals surface area contributed by atoms with Gasteiger partial charge in [-0.3, -0.25) is 4.68 Å². The molecule has 1 rings (SSSR count). The summed E-state index contributed by atoms with van der Waals surface area (Å²) in [5.74, 6) is 0. The summed E-state index contributed by atoms with van der Waals surface area (Å²) in [5.41, 5.74) is 5.19. The van der Waals surface area contributed by atoms with Crippen LogP contribution in [0.15, 0.2) is 17.3 Å². The molecule has 112 valence electrons. The quantitative estimate of drug-likeness (QED) is 0.746. The largest absolute Gasteiger partial charge is 0.408 e. The van der Waals surface area contributed by atoms with Crippen LogP contribution in [0.1, 0.15) is 6.42 Å². The number of nitrogens with two attached hydrogens (primary N) is 1. The third-order valence-corrected chi connectivity index (χ3v) is 3.35. The van der Waals surface area contributed by atoms with Crippen LogP contribution in [0.3, 0.4) is 0 Å². The maximum atomic E-state index is 12.1. The van der Waals surface area contributed by atoms with Gasteiger partial charge in [0, 0.05) is 12.7 Å². The van der Waals surface area contributed by atoms with Gasteiger partial charge >= 0.3 is 6.18 Å². The Hall–Kier alpha value is -0.840. The SMILES string of the molecule is Cl.NCCCNS(=O)(=O)c1cnn(CC(F)(F)F)c1. The van der Waals surface area contributed by atoms with Crippen LogP contribution < -0.4 is 10.5 Å². The first-order valence-electron chi connectivity index (χ1n) is 5.03. The van der Waals surface area contributed by atoms with Crippen molar-refractivity contribution in [1.82, 2.24) is 14.5 Å². The lowest BCUT2D eigenvalue weighted by molar-refractivity contribution is -0.142. The van der Waals surface area contributed by atoms with Crippen molar-refractivity contribution in [3.8, 4) is 0 Å². The maximum absolute atomic E-state index is 12.1. The van der Waals surface area contributed by atoms with Gasteiger partial charge in [0.15, 0.2) is 0 Å². The van der Waals surface area contributed by atoms with Crippen LogP contribution >= 0.6 is 12.4 Å². The number of sulfonamides is 1. The van der Waals surface area contributed by atoms with Crippen molar-refractivity contribution in [2.75, 3.05) is 13.1 Å². The molecule has 0 amide bonds. The second-order valence-electron chi connectivity index (χ2n) is 3.53. The fourth-order valence-corrected chi connectivity index (χ4v) is 2.17. The van der Waals surface area contributed by atoms with Crippen LogP contribution in [0, 0.1) is 0 Å². The van der Waals surface area contributed by atoms with E-state index in [1.165, 1.54) is 0 Å². The second kappa shape index (κ2) is 7.08. The predicted octanol–water partition coefficient (Wildman–Crippen LogP) is 0.494. The number of hydrogen-bond acceptors (Lipinski definition) is 4. The Morgan fingerprint density at radius 2 is 2.05 bits per heavy atom. The first kappa shape index (κ1) is 18.2. The van der Waals surface area contributed by atoms with E-state index in [0.29, 0.717) is 17.6 Å². The molecule has 3 N–H and O–H groups in total. The molecule has 0 bridgehead atoms. The lowest BCUT2D eigenvalue weighted by Gasteiger charge is -2.05. The highest BCUT2D eigenvalue weighted by molar-refractivity contribution is 7.89. The summed E-state index contributed by atoms with van der Waals surface area (Å²) < 4.78 is 62.1. The molecule has 0 radical (unpaired) electrons. The molecule has 1 aromatic rings. The molecule has 11 heteroatoms. The van der Waals surface area contributed by atoms with E-state index in [2.05, 4.69) is 9.82 Å². The van der Waals surface area contributed by atoms with Crippen LogP contribution in [-0.2, 0) is 16.6 Å². The molecule has 0 saturated heterocycles. The molecule has 0 unspecified atom stereocenters. The molecule has 0 aliphatic heterocycles. The minimum atomic E-state index is -4.44. The highest BCUT2D eigenvalue weighted by Crippen LogP contribution is 2.18. The second-order valence-corrected chi connectivity index (χ2v) is 5.30. The maximum Gasteiger partial charge on any atom is 0.408 e. The standard InChI is InChI=1S/C8H13F3N4O2S.ClH/c9-8(10,11)6-15-5-7(4-13-15)18(16,17)14-3-1-2-12;/h4-5,14H,1-3,6,12H2;1H. The Balaban J connectivity index is 0.00000324. The topological polar surface area (TPSA) is 90.0 Å². The molecule has 0 aliphatic carbocycles. The summed E-state index contributed by atoms with van der Waals surface area (Å²) in [5, 5.41) is 3.35. The molecule has 0 saturated carbocycles. The zero-order valence-corrected chi connectivity index (χ0v) is 11.4. The van der Waals surface area contributed by atoms with Gasteiger partial charge in [-0.25, -0.2) is 13.1 Å². The lowest BCUT2D eigenvalue weighted by atomic mass is 10.4. The summed E-state index contributed by atoms with van der Waals surface area (Å²) in [6, 6.07) is 0. The van der Waals surface area contributed by atoms with Gasteiger partial charge in [-0.2, -0.15) is 18.3 Å². The van der Waals surface area contributed by atoms with Crippen LogP contribution in [0.25, 0.3) is 0 Å². The Labute approximate surface area is 114 Å². The summed E-state index contributed by atoms with van der Waals surface area (Å²) in [7, 11) is -3.82. The van der Waals surface area contributed by atoms with E-state index in [0.717, 1.165) is 12.4 Å². The number of halogens is 4. The van der Waals surface area contributed by atoms with Crippen molar-refractivity contribution in [3.05, 3.63) is 12.4 Å². The van der Waals surface area contributed by atoms with Crippen molar-refractivity contribution < 1.29 is 21.6 Å². The third kappa shape index (κ3) is 6.23. The molecule has 1 aromatic heterocycles. The first-order chi connectivity index (χ1) is 8.24. The zero-order valence-electron chi connectivity index (χ0n) is 9.72. The zero-order chi connectivity index (χ0) is 13.8. The summed E-state index contributed by atoms with van der Waals surface area (Å²) >= 11 is 0. The van der Waals surface area contributed by atoms with Crippen molar-refractivity contribution in [1.29, 1.82) is 0 Å². The van der Waals surface area contributed by atoms with Crippen LogP contribution in [0.5, 0.6) is 0 Å². The Kier molecular flexibility index (Phi) is 6.77. The van der Waals surface area contributed by atoms with E-state index >= 15 is 0 Å². The fourth-order valence-electron chi connectivity index (χ4n) is 1.15. The number of aromatic nitrogens is 2. The number of nitrogens with one attached hydrogen (secondary N) is 1. The van der Waals surface area contributed by atoms with E-state index in [-0.39, 0.29) is 23.8 Å². The van der Waals surface area contributed by atoms with Gasteiger partial charge in [-0.1, -0.05) is 0 Å². The third-order valence-electron chi connectivity index (χ3n) is 1.93. The molecule has 0 aromatic carbocycles. The Morgan fingerprint density at radius 3 is 2.58 bits per heavy atom. The smallest absolute Gasteiger partial charge is 0.330 e. The van der Waals surface area contributed by atoms with E-state index in [1.807, 2.05) is 0 Å². The number of hydrogen-bond donors (Lipinski definition) is 2. The molecule has 6 nitrogen and oxygen atoms in total. The summed E-state index contributed by atoms with van der Waals surface area (Å²) in [4.78, 5) is -0.302. The van der Waals surface area contributed by atoms with Crippen LogP contribution in [0.2, 0.25) is 0 Å². The van der Waals surface area contributed by atoms with Gasteiger partial charge in [0.2, 0.25) is 10.0 Å². The van der Waals surface area contributed by atoms with Gasteiger partial charge in [0.25, 0.3) is 0 Å². The van der Waals surface area contributed by atoms with Gasteiger partial charge in [-0.05, 0) is 13.0 Å². The molecular weight excluding hydrogens is 309 g/mol. The number of nitrogens with zero attached hydrogens (tertiary/aromatic N) is 2. The monoisotopic (exact) mass is 322 g/mol. The number of rotatable bonds is 6. The molecule has 0 fully saturated rings. The van der Waals surface area contributed by atoms with Crippen molar-refractivity contribution in [2.45, 2.75) is 24.0 Å². The Morgan fingerprint density at radius 1 is 1.42 bits per heavy atom. The predicted molar refractivity (Wildman–Crippen MR) is 64.4 cm³/mol. The van der Waals surface area contributed by atoms with Crippen molar-refractivity contribution in [2.24, 2.45) is 5.73 Å². The number of alkyl halides is 3. The minimum absolute atomic E-state index is 0. The van der Waals surface area contributed by atoms with Gasteiger partial charge in [-0.15, -0.1) is 12.4 Å². The molecule has 19 heavy (non-hydrogen) atoms. The van der Waals surface area contributed by atoms with E-state index < -0.39 is 22.7 Å². The highest BCUT2D eigenvalue weighted by Gasteiger charge is 2.29. The Bertz CT molecular complexity index is 488. The van der Waals surface area contributed by atoms with Crippen molar-refractivity contribution in [3.63, 3.8) is 0 Å². The van der Waals surface area contributed by atoms with Gasteiger partial charge < -0.3 is 5.73 Å². The molecule has 0 atom stereocenters. The van der Waals surface area contributed by atoms with Gasteiger partial charge in [0.1, 0.15) is 11.4 Å². The van der Waals surface area contributed by atoms with Gasteiger partial charge in [0.05, 0.1) is 6.20 Å². The van der Waals surface area contributed by atoms with E-state index in [4.69, 9.17) is 5.73 Å². The normalized spacial score (nSPS) is 12.2. The van der Waals surface area contributed by atoms with Crippen LogP contribution in [-0.4, -0.2) is 37.5 Å². The first-order valence-corrected chi connectivity index (χ1v) is 6.52. The minimum Gasteiger partial charge on any atom is -0.330 e. The highest BCUT2D eigenvalue weighted by atomic mass is 35.5. The molecular formula is C8H14ClF3N4O2S. The molecule has 0 aliphatic rings. The summed E-state index contributed by atoms with van der Waals surface area (Å²) in [6.45, 7) is -0.884. The summed E-state index contributed by atoms with van der Waals surface area (Å²) in [6.07, 6.45) is -2.30. The van der Waals surface area contributed by atoms with Crippen LogP contribution in [0.4, 0.5) is 13.2 Å². The van der Waals surface area contributed by atoms with E-state index in [9.17, 15) is 21.6 Å². The average molecular weight is 323 g/mol. The fraction of sp³-hybridized carbons (Fsp3) is 0.625. The lowest BCUT2D eigenvalue weighted by Crippen LogP contribution is -2.26. The van der Waals surface area contributed by atoms with Crippen molar-refractivity contribution >= 4 is 22.4 Å².